The molecule has 6 nitrogen and oxygen atoms in total. The first-order chi connectivity index (χ1) is 22.7. The second-order valence-electron chi connectivity index (χ2n) is 12.7. The van der Waals surface area contributed by atoms with Gasteiger partial charge in [-0.25, -0.2) is 12.8 Å². The molecule has 0 bridgehead atoms. The van der Waals surface area contributed by atoms with Crippen molar-refractivity contribution in [3.63, 3.8) is 0 Å². The fourth-order valence-corrected chi connectivity index (χ4v) is 8.89. The molecule has 4 atom stereocenters. The summed E-state index contributed by atoms with van der Waals surface area (Å²) < 4.78 is 93.9. The number of carbonyl (C=O) groups excluding carboxylic acids is 1. The van der Waals surface area contributed by atoms with Crippen molar-refractivity contribution in [2.45, 2.75) is 73.7 Å². The summed E-state index contributed by atoms with van der Waals surface area (Å²) >= 11 is 12.6. The lowest BCUT2D eigenvalue weighted by Gasteiger charge is -2.53. The lowest BCUT2D eigenvalue weighted by molar-refractivity contribution is -0.239. The molecule has 1 saturated heterocycles. The van der Waals surface area contributed by atoms with Gasteiger partial charge in [0.05, 0.1) is 36.0 Å². The van der Waals surface area contributed by atoms with Crippen LogP contribution in [0.5, 0.6) is 0 Å². The van der Waals surface area contributed by atoms with Crippen LogP contribution in [0.3, 0.4) is 0 Å². The number of benzene rings is 3. The highest BCUT2D eigenvalue weighted by molar-refractivity contribution is 7.93. The van der Waals surface area contributed by atoms with Gasteiger partial charge in [0.15, 0.2) is 5.60 Å². The van der Waals surface area contributed by atoms with Gasteiger partial charge in [-0.1, -0.05) is 65.7 Å². The molecule has 256 valence electrons. The Morgan fingerprint density at radius 2 is 1.67 bits per heavy atom. The molecule has 3 aromatic rings. The molecule has 13 heteroatoms. The first kappa shape index (κ1) is 34.7. The van der Waals surface area contributed by atoms with E-state index in [-0.39, 0.29) is 18.2 Å². The van der Waals surface area contributed by atoms with Crippen molar-refractivity contribution in [1.82, 2.24) is 4.90 Å². The minimum atomic E-state index is -4.82. The molecule has 6 rings (SSSR count). The molecular formula is C35H34Cl2F4N2O4S. The van der Waals surface area contributed by atoms with Crippen molar-refractivity contribution in [3.8, 4) is 0 Å². The second-order valence-corrected chi connectivity index (χ2v) is 15.7. The van der Waals surface area contributed by atoms with Gasteiger partial charge in [0.2, 0.25) is 10.0 Å². The van der Waals surface area contributed by atoms with Crippen molar-refractivity contribution < 1.29 is 35.5 Å². The van der Waals surface area contributed by atoms with Gasteiger partial charge >= 0.3 is 6.18 Å². The highest BCUT2D eigenvalue weighted by atomic mass is 35.5. The van der Waals surface area contributed by atoms with Crippen molar-refractivity contribution in [2.75, 3.05) is 10.8 Å². The first-order valence-electron chi connectivity index (χ1n) is 15.7. The summed E-state index contributed by atoms with van der Waals surface area (Å²) in [6, 6.07) is 16.5. The zero-order valence-corrected chi connectivity index (χ0v) is 28.1. The van der Waals surface area contributed by atoms with Gasteiger partial charge in [-0.3, -0.25) is 9.10 Å². The van der Waals surface area contributed by atoms with E-state index in [1.165, 1.54) is 29.2 Å². The number of hydrogen-bond acceptors (Lipinski definition) is 4. The summed E-state index contributed by atoms with van der Waals surface area (Å²) in [4.78, 5) is 16.3. The number of hydrogen-bond donors (Lipinski definition) is 0. The summed E-state index contributed by atoms with van der Waals surface area (Å²) in [5.41, 5.74) is -1.69. The van der Waals surface area contributed by atoms with E-state index in [9.17, 15) is 26.4 Å². The Labute approximate surface area is 287 Å². The van der Waals surface area contributed by atoms with E-state index < -0.39 is 69.8 Å². The van der Waals surface area contributed by atoms with E-state index in [4.69, 9.17) is 27.9 Å². The van der Waals surface area contributed by atoms with Crippen LogP contribution in [-0.4, -0.2) is 48.8 Å². The molecule has 3 aromatic carbocycles. The number of rotatable bonds is 12. The summed E-state index contributed by atoms with van der Waals surface area (Å²) in [6.45, 7) is 3.29. The Kier molecular flexibility index (Phi) is 9.63. The second kappa shape index (κ2) is 13.3. The SMILES string of the molecule is C=CC[C@@]1(CC(F)(F)F)O[C@H](c2cccc(Cl)c2)[C@@H](c2ccc(Cl)cc2)N(C(CN(c2ccccc2F)S(=O)(=O)C2CC2)C2CC2)C1=O. The van der Waals surface area contributed by atoms with Gasteiger partial charge < -0.3 is 9.64 Å². The number of para-hydroxylation sites is 1. The van der Waals surface area contributed by atoms with E-state index in [0.717, 1.165) is 10.4 Å². The standard InChI is InChI=1S/C35H34Cl2F4N2O4S/c1-2-18-34(21-35(39,40)41)33(44)43(31(23-12-14-25(36)15-13-23)32(47-34)24-6-5-7-26(37)19-24)30(22-10-11-22)20-42(48(45,46)27-16-17-27)29-9-4-3-8-28(29)38/h2-9,12-15,19,22,27,30-32H,1,10-11,16-18,20-21H2/t30?,31-,32-,34+/m1/s1. The zero-order valence-electron chi connectivity index (χ0n) is 25.8. The van der Waals surface area contributed by atoms with Crippen molar-refractivity contribution in [3.05, 3.63) is 112 Å². The average molecular weight is 726 g/mol. The summed E-state index contributed by atoms with van der Waals surface area (Å²) in [5, 5.41) is -0.0287. The van der Waals surface area contributed by atoms with Crippen LogP contribution in [0.25, 0.3) is 0 Å². The normalized spacial score (nSPS) is 24.0. The zero-order chi connectivity index (χ0) is 34.4. The van der Waals surface area contributed by atoms with Gasteiger partial charge in [-0.2, -0.15) is 13.2 Å². The van der Waals surface area contributed by atoms with Gasteiger partial charge in [0, 0.05) is 16.5 Å². The minimum absolute atomic E-state index is 0.183. The van der Waals surface area contributed by atoms with Crippen LogP contribution < -0.4 is 4.31 Å². The molecule has 2 aliphatic carbocycles. The number of amides is 1. The number of morpholine rings is 1. The highest BCUT2D eigenvalue weighted by Gasteiger charge is 2.60. The molecule has 3 fully saturated rings. The molecule has 0 aromatic heterocycles. The topological polar surface area (TPSA) is 66.9 Å². The Bertz CT molecular complexity index is 1780. The minimum Gasteiger partial charge on any atom is -0.354 e. The summed E-state index contributed by atoms with van der Waals surface area (Å²) in [7, 11) is -4.09. The van der Waals surface area contributed by atoms with Gasteiger partial charge in [0.1, 0.15) is 11.9 Å². The molecule has 1 heterocycles. The third kappa shape index (κ3) is 7.11. The molecule has 1 amide bonds. The number of carbonyl (C=O) groups is 1. The van der Waals surface area contributed by atoms with E-state index >= 15 is 4.39 Å². The lowest BCUT2D eigenvalue weighted by atomic mass is 9.83. The maximum atomic E-state index is 15.4. The molecule has 48 heavy (non-hydrogen) atoms. The number of alkyl halides is 3. The van der Waals surface area contributed by atoms with Crippen molar-refractivity contribution >= 4 is 44.8 Å². The third-order valence-corrected chi connectivity index (χ3v) is 11.9. The predicted octanol–water partition coefficient (Wildman–Crippen LogP) is 8.82. The fraction of sp³-hybridized carbons (Fsp3) is 0.400. The maximum Gasteiger partial charge on any atom is 0.392 e. The van der Waals surface area contributed by atoms with Crippen LogP contribution >= 0.6 is 23.2 Å². The summed E-state index contributed by atoms with van der Waals surface area (Å²) in [5.74, 6) is -2.00. The lowest BCUT2D eigenvalue weighted by Crippen LogP contribution is -2.64. The molecule has 0 spiro atoms. The Hall–Kier alpha value is -3.12. The highest BCUT2D eigenvalue weighted by Crippen LogP contribution is 2.53. The quantitative estimate of drug-likeness (QED) is 0.138. The molecule has 0 radical (unpaired) electrons. The maximum absolute atomic E-state index is 15.4. The average Bonchev–Trinajstić information content (AvgIpc) is 3.94. The van der Waals surface area contributed by atoms with Crippen molar-refractivity contribution in [2.24, 2.45) is 5.92 Å². The smallest absolute Gasteiger partial charge is 0.354 e. The third-order valence-electron chi connectivity index (χ3n) is 9.16. The van der Waals surface area contributed by atoms with Crippen LogP contribution in [0.1, 0.15) is 61.8 Å². The van der Waals surface area contributed by atoms with Gasteiger partial charge in [-0.05, 0) is 79.1 Å². The Morgan fingerprint density at radius 1 is 0.979 bits per heavy atom. The van der Waals surface area contributed by atoms with Crippen LogP contribution in [0.2, 0.25) is 10.0 Å². The Morgan fingerprint density at radius 3 is 2.25 bits per heavy atom. The van der Waals surface area contributed by atoms with Gasteiger partial charge in [0.25, 0.3) is 5.91 Å². The number of anilines is 1. The molecule has 1 unspecified atom stereocenters. The largest absolute Gasteiger partial charge is 0.392 e. The summed E-state index contributed by atoms with van der Waals surface area (Å²) in [6.07, 6.45) is -4.88. The fourth-order valence-electron chi connectivity index (χ4n) is 6.69. The van der Waals surface area contributed by atoms with Gasteiger partial charge in [-0.15, -0.1) is 6.58 Å². The molecule has 0 N–H and O–H groups in total. The first-order valence-corrected chi connectivity index (χ1v) is 18.0. The molecule has 2 saturated carbocycles. The number of ether oxygens (including phenoxy) is 1. The number of sulfonamides is 1. The number of halogens is 6. The van der Waals surface area contributed by atoms with Crippen LogP contribution in [0.15, 0.2) is 85.5 Å². The molecule has 3 aliphatic rings. The predicted molar refractivity (Wildman–Crippen MR) is 177 cm³/mol. The van der Waals surface area contributed by atoms with Crippen molar-refractivity contribution in [1.29, 1.82) is 0 Å². The van der Waals surface area contributed by atoms with E-state index in [1.54, 1.807) is 48.5 Å². The van der Waals surface area contributed by atoms with E-state index in [2.05, 4.69) is 6.58 Å². The molecule has 1 aliphatic heterocycles. The van der Waals surface area contributed by atoms with E-state index in [1.807, 2.05) is 0 Å². The van der Waals surface area contributed by atoms with Crippen LogP contribution in [0.4, 0.5) is 23.2 Å². The van der Waals surface area contributed by atoms with E-state index in [0.29, 0.717) is 46.9 Å². The van der Waals surface area contributed by atoms with Crippen LogP contribution in [0, 0.1) is 11.7 Å². The monoisotopic (exact) mass is 724 g/mol. The Balaban J connectivity index is 1.57. The molecular weight excluding hydrogens is 691 g/mol. The number of nitrogens with zero attached hydrogens (tertiary/aromatic N) is 2. The van der Waals surface area contributed by atoms with Crippen LogP contribution in [-0.2, 0) is 19.6 Å².